The highest BCUT2D eigenvalue weighted by atomic mass is 19.1. The Morgan fingerprint density at radius 2 is 2.04 bits per heavy atom. The van der Waals surface area contributed by atoms with Crippen molar-refractivity contribution in [3.63, 3.8) is 0 Å². The second kappa shape index (κ2) is 8.25. The highest BCUT2D eigenvalue weighted by Crippen LogP contribution is 2.28. The average molecular weight is 368 g/mol. The number of nitrogens with zero attached hydrogens (tertiary/aromatic N) is 1. The maximum absolute atomic E-state index is 13.9. The molecule has 0 spiro atoms. The van der Waals surface area contributed by atoms with Gasteiger partial charge >= 0.3 is 5.97 Å². The number of benzene rings is 1. The number of amides is 2. The fourth-order valence-electron chi connectivity index (χ4n) is 2.93. The van der Waals surface area contributed by atoms with Crippen LogP contribution in [0.2, 0.25) is 0 Å². The number of hydrogen-bond acceptors (Lipinski definition) is 4. The zero-order chi connectivity index (χ0) is 19.4. The van der Waals surface area contributed by atoms with Gasteiger partial charge in [0, 0.05) is 19.0 Å². The van der Waals surface area contributed by atoms with Crippen LogP contribution in [-0.4, -0.2) is 37.5 Å². The van der Waals surface area contributed by atoms with E-state index in [-0.39, 0.29) is 24.6 Å². The van der Waals surface area contributed by atoms with Crippen LogP contribution in [0.3, 0.4) is 0 Å². The maximum Gasteiger partial charge on any atom is 0.328 e. The molecule has 1 heterocycles. The van der Waals surface area contributed by atoms with Crippen molar-refractivity contribution in [3.8, 4) is 0 Å². The lowest BCUT2D eigenvalue weighted by molar-refractivity contribution is -0.146. The third kappa shape index (κ3) is 4.56. The van der Waals surface area contributed by atoms with E-state index < -0.39 is 41.4 Å². The summed E-state index contributed by atoms with van der Waals surface area (Å²) in [5, 5.41) is 2.61. The number of nitrogens with one attached hydrogen (secondary N) is 1. The van der Waals surface area contributed by atoms with Gasteiger partial charge in [0.2, 0.25) is 11.8 Å². The van der Waals surface area contributed by atoms with Crippen LogP contribution in [0.5, 0.6) is 0 Å². The van der Waals surface area contributed by atoms with E-state index in [4.69, 9.17) is 4.74 Å². The number of ether oxygens (including phenoxy) is 1. The summed E-state index contributed by atoms with van der Waals surface area (Å²) in [7, 11) is 1.24. The van der Waals surface area contributed by atoms with Gasteiger partial charge in [-0.05, 0) is 24.5 Å². The van der Waals surface area contributed by atoms with Crippen LogP contribution in [-0.2, 0) is 19.1 Å². The molecule has 6 nitrogen and oxygen atoms in total. The Kier molecular flexibility index (Phi) is 6.28. The van der Waals surface area contributed by atoms with E-state index in [1.54, 1.807) is 0 Å². The van der Waals surface area contributed by atoms with Crippen LogP contribution in [0, 0.1) is 23.5 Å². The quantitative estimate of drug-likeness (QED) is 0.780. The van der Waals surface area contributed by atoms with Gasteiger partial charge in [-0.25, -0.2) is 13.6 Å². The summed E-state index contributed by atoms with van der Waals surface area (Å²) in [5.74, 6) is -3.67. The van der Waals surface area contributed by atoms with Crippen molar-refractivity contribution in [2.45, 2.75) is 32.7 Å². The van der Waals surface area contributed by atoms with E-state index >= 15 is 0 Å². The number of anilines is 1. The van der Waals surface area contributed by atoms with E-state index in [0.717, 1.165) is 11.0 Å². The number of hydrogen-bond donors (Lipinski definition) is 1. The fraction of sp³-hybridized carbons (Fsp3) is 0.500. The minimum atomic E-state index is -0.869. The monoisotopic (exact) mass is 368 g/mol. The molecule has 2 unspecified atom stereocenters. The molecule has 2 amide bonds. The highest BCUT2D eigenvalue weighted by molar-refractivity contribution is 6.00. The molecule has 26 heavy (non-hydrogen) atoms. The van der Waals surface area contributed by atoms with E-state index in [2.05, 4.69) is 5.32 Å². The van der Waals surface area contributed by atoms with Gasteiger partial charge in [-0.1, -0.05) is 13.8 Å². The molecule has 0 saturated carbocycles. The summed E-state index contributed by atoms with van der Waals surface area (Å²) in [6, 6.07) is 2.10. The molecule has 0 aliphatic carbocycles. The highest BCUT2D eigenvalue weighted by Gasteiger charge is 2.37. The number of rotatable bonds is 6. The fourth-order valence-corrected chi connectivity index (χ4v) is 2.93. The minimum Gasteiger partial charge on any atom is -0.467 e. The van der Waals surface area contributed by atoms with E-state index in [1.165, 1.54) is 13.2 Å². The number of carbonyl (C=O) groups is 3. The molecule has 2 atom stereocenters. The van der Waals surface area contributed by atoms with Crippen molar-refractivity contribution in [1.82, 2.24) is 5.32 Å². The SMILES string of the molecule is COC(=O)C(CC(C)C)NC(=O)C1CC(=O)N(c2ccc(F)cc2F)C1. The van der Waals surface area contributed by atoms with Crippen LogP contribution >= 0.6 is 0 Å². The summed E-state index contributed by atoms with van der Waals surface area (Å²) in [6.45, 7) is 3.77. The lowest BCUT2D eigenvalue weighted by Crippen LogP contribution is -2.45. The topological polar surface area (TPSA) is 75.7 Å². The molecule has 2 rings (SSSR count). The zero-order valence-corrected chi connectivity index (χ0v) is 14.9. The van der Waals surface area contributed by atoms with Gasteiger partial charge in [0.25, 0.3) is 0 Å². The Balaban J connectivity index is 2.09. The smallest absolute Gasteiger partial charge is 0.328 e. The Hall–Kier alpha value is -2.51. The molecular weight excluding hydrogens is 346 g/mol. The predicted molar refractivity (Wildman–Crippen MR) is 90.2 cm³/mol. The van der Waals surface area contributed by atoms with Crippen LogP contribution in [0.25, 0.3) is 0 Å². The lowest BCUT2D eigenvalue weighted by atomic mass is 10.0. The van der Waals surface area contributed by atoms with Gasteiger partial charge in [-0.3, -0.25) is 9.59 Å². The van der Waals surface area contributed by atoms with E-state index in [9.17, 15) is 23.2 Å². The van der Waals surface area contributed by atoms with Gasteiger partial charge in [0.15, 0.2) is 0 Å². The van der Waals surface area contributed by atoms with Crippen LogP contribution < -0.4 is 10.2 Å². The Bertz CT molecular complexity index is 708. The summed E-state index contributed by atoms with van der Waals surface area (Å²) < 4.78 is 31.7. The first kappa shape index (κ1) is 19.8. The second-order valence-electron chi connectivity index (χ2n) is 6.72. The average Bonchev–Trinajstić information content (AvgIpc) is 2.95. The Labute approximate surface area is 150 Å². The molecule has 1 saturated heterocycles. The van der Waals surface area contributed by atoms with Crippen molar-refractivity contribution < 1.29 is 27.9 Å². The molecule has 1 aromatic rings. The third-order valence-corrected chi connectivity index (χ3v) is 4.21. The largest absolute Gasteiger partial charge is 0.467 e. The van der Waals surface area contributed by atoms with Crippen molar-refractivity contribution in [2.75, 3.05) is 18.6 Å². The minimum absolute atomic E-state index is 0.0389. The summed E-state index contributed by atoms with van der Waals surface area (Å²) in [5.41, 5.74) is -0.0709. The van der Waals surface area contributed by atoms with Gasteiger partial charge in [-0.15, -0.1) is 0 Å². The molecule has 0 radical (unpaired) electrons. The Morgan fingerprint density at radius 3 is 2.62 bits per heavy atom. The predicted octanol–water partition coefficient (Wildman–Crippen LogP) is 2.02. The maximum atomic E-state index is 13.9. The van der Waals surface area contributed by atoms with Crippen LogP contribution in [0.15, 0.2) is 18.2 Å². The molecule has 1 N–H and O–H groups in total. The molecule has 1 aromatic carbocycles. The normalized spacial score (nSPS) is 18.2. The van der Waals surface area contributed by atoms with E-state index in [1.807, 2.05) is 13.8 Å². The van der Waals surface area contributed by atoms with E-state index in [0.29, 0.717) is 12.5 Å². The van der Waals surface area contributed by atoms with Crippen molar-refractivity contribution in [3.05, 3.63) is 29.8 Å². The van der Waals surface area contributed by atoms with Gasteiger partial charge < -0.3 is 15.0 Å². The molecular formula is C18H22F2N2O4. The van der Waals surface area contributed by atoms with Crippen LogP contribution in [0.1, 0.15) is 26.7 Å². The Morgan fingerprint density at radius 1 is 1.35 bits per heavy atom. The molecule has 1 aliphatic rings. The van der Waals surface area contributed by atoms with Crippen molar-refractivity contribution >= 4 is 23.5 Å². The molecule has 8 heteroatoms. The second-order valence-corrected chi connectivity index (χ2v) is 6.72. The third-order valence-electron chi connectivity index (χ3n) is 4.21. The van der Waals surface area contributed by atoms with Gasteiger partial charge in [-0.2, -0.15) is 0 Å². The van der Waals surface area contributed by atoms with Crippen molar-refractivity contribution in [1.29, 1.82) is 0 Å². The molecule has 1 aliphatic heterocycles. The van der Waals surface area contributed by atoms with Gasteiger partial charge in [0.1, 0.15) is 17.7 Å². The van der Waals surface area contributed by atoms with Crippen molar-refractivity contribution in [2.24, 2.45) is 11.8 Å². The first-order valence-corrected chi connectivity index (χ1v) is 8.36. The zero-order valence-electron chi connectivity index (χ0n) is 14.9. The standard InChI is InChI=1S/C18H22F2N2O4/c1-10(2)6-14(18(25)26-3)21-17(24)11-7-16(23)22(9-11)15-5-4-12(19)8-13(15)20/h4-5,8,10-11,14H,6-7,9H2,1-3H3,(H,21,24). The number of carbonyl (C=O) groups excluding carboxylic acids is 3. The molecule has 0 bridgehead atoms. The first-order chi connectivity index (χ1) is 12.2. The number of methoxy groups -OCH3 is 1. The summed E-state index contributed by atoms with van der Waals surface area (Å²) in [6.07, 6.45) is 0.285. The molecule has 1 fully saturated rings. The van der Waals surface area contributed by atoms with Gasteiger partial charge in [0.05, 0.1) is 18.7 Å². The lowest BCUT2D eigenvalue weighted by Gasteiger charge is -2.21. The van der Waals surface area contributed by atoms with Crippen LogP contribution in [0.4, 0.5) is 14.5 Å². The summed E-state index contributed by atoms with van der Waals surface area (Å²) >= 11 is 0. The molecule has 142 valence electrons. The summed E-state index contributed by atoms with van der Waals surface area (Å²) in [4.78, 5) is 37.6. The first-order valence-electron chi connectivity index (χ1n) is 8.36. The number of halogens is 2. The molecule has 0 aromatic heterocycles. The number of esters is 1.